The molecule has 2 rings (SSSR count). The van der Waals surface area contributed by atoms with Gasteiger partial charge >= 0.3 is 0 Å². The smallest absolute Gasteiger partial charge is 0.258 e. The lowest BCUT2D eigenvalue weighted by Gasteiger charge is -2.16. The summed E-state index contributed by atoms with van der Waals surface area (Å²) in [6, 6.07) is 3.63. The molecule has 6 nitrogen and oxygen atoms in total. The normalized spacial score (nSPS) is 11.7. The van der Waals surface area contributed by atoms with Crippen molar-refractivity contribution >= 4 is 23.3 Å². The Labute approximate surface area is 179 Å². The van der Waals surface area contributed by atoms with Crippen LogP contribution in [0.4, 0.5) is 20.3 Å². The summed E-state index contributed by atoms with van der Waals surface area (Å²) in [4.78, 5) is 29.0. The molecule has 0 aliphatic rings. The standard InChI is InChI=1S/C23H24F2N4O2/c1-6-8-18(14(4)7-2)28-21-19(11-15(12-27-21)22(30)26-5)29-23(31)16-9-13(3)10-17(24)20(16)25/h6-12H,2H2,1,3-5H3,(H,26,30)(H,27,28)(H,29,31)/b8-6-,18-14+. The molecule has 0 fully saturated rings. The second kappa shape index (κ2) is 10.3. The fourth-order valence-electron chi connectivity index (χ4n) is 2.68. The second-order valence-electron chi connectivity index (χ2n) is 6.69. The lowest BCUT2D eigenvalue weighted by molar-refractivity contribution is 0.0961. The zero-order chi connectivity index (χ0) is 23.1. The number of allylic oxidation sites excluding steroid dienone is 4. The van der Waals surface area contributed by atoms with Gasteiger partial charge in [-0.2, -0.15) is 0 Å². The van der Waals surface area contributed by atoms with Crippen molar-refractivity contribution in [1.82, 2.24) is 10.3 Å². The average Bonchev–Trinajstić information content (AvgIpc) is 2.75. The van der Waals surface area contributed by atoms with E-state index in [1.165, 1.54) is 25.4 Å². The first-order chi connectivity index (χ1) is 14.7. The molecule has 0 unspecified atom stereocenters. The molecule has 0 aliphatic heterocycles. The molecule has 1 aromatic heterocycles. The van der Waals surface area contributed by atoms with E-state index in [0.29, 0.717) is 11.3 Å². The summed E-state index contributed by atoms with van der Waals surface area (Å²) >= 11 is 0. The second-order valence-corrected chi connectivity index (χ2v) is 6.69. The molecule has 1 aromatic carbocycles. The third-order valence-electron chi connectivity index (χ3n) is 4.36. The Hall–Kier alpha value is -3.81. The Morgan fingerprint density at radius 2 is 1.84 bits per heavy atom. The fraction of sp³-hybridized carbons (Fsp3) is 0.174. The van der Waals surface area contributed by atoms with E-state index in [9.17, 15) is 18.4 Å². The van der Waals surface area contributed by atoms with Crippen LogP contribution in [0.25, 0.3) is 0 Å². The van der Waals surface area contributed by atoms with Gasteiger partial charge in [-0.25, -0.2) is 13.8 Å². The first kappa shape index (κ1) is 23.5. The van der Waals surface area contributed by atoms with E-state index in [2.05, 4.69) is 27.5 Å². The van der Waals surface area contributed by atoms with Crippen molar-refractivity contribution in [3.8, 4) is 0 Å². The number of rotatable bonds is 7. The first-order valence-corrected chi connectivity index (χ1v) is 9.44. The molecule has 0 bridgehead atoms. The van der Waals surface area contributed by atoms with Crippen molar-refractivity contribution in [2.45, 2.75) is 20.8 Å². The van der Waals surface area contributed by atoms with Crippen molar-refractivity contribution in [3.05, 3.63) is 88.8 Å². The molecule has 8 heteroatoms. The summed E-state index contributed by atoms with van der Waals surface area (Å²) in [5.41, 5.74) is 1.68. The van der Waals surface area contributed by atoms with Crippen LogP contribution in [-0.2, 0) is 0 Å². The van der Waals surface area contributed by atoms with Gasteiger partial charge in [-0.1, -0.05) is 18.7 Å². The number of benzene rings is 1. The minimum absolute atomic E-state index is 0.117. The number of halogens is 2. The molecular weight excluding hydrogens is 402 g/mol. The van der Waals surface area contributed by atoms with Crippen LogP contribution in [0.3, 0.4) is 0 Å². The Morgan fingerprint density at radius 3 is 2.45 bits per heavy atom. The van der Waals surface area contributed by atoms with E-state index < -0.39 is 29.0 Å². The number of carbonyl (C=O) groups is 2. The number of nitrogens with zero attached hydrogens (tertiary/aromatic N) is 1. The van der Waals surface area contributed by atoms with E-state index in [4.69, 9.17) is 0 Å². The van der Waals surface area contributed by atoms with Crippen LogP contribution in [0.2, 0.25) is 0 Å². The molecule has 0 saturated heterocycles. The maximum atomic E-state index is 14.2. The number of nitrogens with one attached hydrogen (secondary N) is 3. The molecule has 31 heavy (non-hydrogen) atoms. The topological polar surface area (TPSA) is 83.1 Å². The monoisotopic (exact) mass is 426 g/mol. The van der Waals surface area contributed by atoms with Gasteiger partial charge in [-0.05, 0) is 56.2 Å². The van der Waals surface area contributed by atoms with Crippen LogP contribution < -0.4 is 16.0 Å². The van der Waals surface area contributed by atoms with Crippen LogP contribution in [-0.4, -0.2) is 23.8 Å². The van der Waals surface area contributed by atoms with Gasteiger partial charge in [-0.3, -0.25) is 9.59 Å². The highest BCUT2D eigenvalue weighted by Crippen LogP contribution is 2.25. The van der Waals surface area contributed by atoms with Crippen molar-refractivity contribution in [1.29, 1.82) is 0 Å². The molecule has 0 radical (unpaired) electrons. The fourth-order valence-corrected chi connectivity index (χ4v) is 2.68. The largest absolute Gasteiger partial charge is 0.355 e. The summed E-state index contributed by atoms with van der Waals surface area (Å²) in [5, 5.41) is 8.07. The highest BCUT2D eigenvalue weighted by Gasteiger charge is 2.19. The van der Waals surface area contributed by atoms with E-state index in [1.807, 2.05) is 13.8 Å². The van der Waals surface area contributed by atoms with Gasteiger partial charge in [0.05, 0.1) is 16.8 Å². The zero-order valence-corrected chi connectivity index (χ0v) is 17.8. The van der Waals surface area contributed by atoms with Crippen LogP contribution in [0.15, 0.2) is 60.5 Å². The highest BCUT2D eigenvalue weighted by atomic mass is 19.2. The van der Waals surface area contributed by atoms with Crippen molar-refractivity contribution in [2.75, 3.05) is 17.7 Å². The third-order valence-corrected chi connectivity index (χ3v) is 4.36. The number of anilines is 2. The summed E-state index contributed by atoms with van der Waals surface area (Å²) in [7, 11) is 1.46. The predicted molar refractivity (Wildman–Crippen MR) is 118 cm³/mol. The quantitative estimate of drug-likeness (QED) is 0.559. The van der Waals surface area contributed by atoms with Crippen molar-refractivity contribution < 1.29 is 18.4 Å². The zero-order valence-electron chi connectivity index (χ0n) is 17.8. The molecule has 3 N–H and O–H groups in total. The minimum Gasteiger partial charge on any atom is -0.355 e. The number of hydrogen-bond donors (Lipinski definition) is 3. The minimum atomic E-state index is -1.26. The van der Waals surface area contributed by atoms with Gasteiger partial charge in [0, 0.05) is 18.9 Å². The van der Waals surface area contributed by atoms with Crippen LogP contribution in [0, 0.1) is 18.6 Å². The lowest BCUT2D eigenvalue weighted by Crippen LogP contribution is -2.20. The third kappa shape index (κ3) is 5.63. The summed E-state index contributed by atoms with van der Waals surface area (Å²) in [5.74, 6) is -3.47. The number of hydrogen-bond acceptors (Lipinski definition) is 4. The van der Waals surface area contributed by atoms with Gasteiger partial charge < -0.3 is 16.0 Å². The summed E-state index contributed by atoms with van der Waals surface area (Å²) < 4.78 is 28.0. The number of pyridine rings is 1. The predicted octanol–water partition coefficient (Wildman–Crippen LogP) is 4.73. The van der Waals surface area contributed by atoms with E-state index in [1.54, 1.807) is 25.2 Å². The summed E-state index contributed by atoms with van der Waals surface area (Å²) in [6.07, 6.45) is 6.56. The van der Waals surface area contributed by atoms with Crippen molar-refractivity contribution in [3.63, 3.8) is 0 Å². The molecule has 0 aliphatic carbocycles. The van der Waals surface area contributed by atoms with E-state index in [0.717, 1.165) is 11.6 Å². The number of aromatic nitrogens is 1. The maximum Gasteiger partial charge on any atom is 0.258 e. The molecule has 2 amide bonds. The van der Waals surface area contributed by atoms with E-state index in [-0.39, 0.29) is 17.1 Å². The van der Waals surface area contributed by atoms with Crippen LogP contribution >= 0.6 is 0 Å². The molecule has 0 atom stereocenters. The highest BCUT2D eigenvalue weighted by molar-refractivity contribution is 6.07. The number of carbonyl (C=O) groups excluding carboxylic acids is 2. The lowest BCUT2D eigenvalue weighted by atomic mass is 10.1. The van der Waals surface area contributed by atoms with Crippen LogP contribution in [0.1, 0.15) is 40.1 Å². The SMILES string of the molecule is C=C/C(C)=C(\C=C/C)Nc1ncc(C(=O)NC)cc1NC(=O)c1cc(C)cc(F)c1F. The number of amides is 2. The molecule has 162 valence electrons. The Bertz CT molecular complexity index is 1090. The Balaban J connectivity index is 2.54. The Kier molecular flexibility index (Phi) is 7.79. The van der Waals surface area contributed by atoms with E-state index >= 15 is 0 Å². The maximum absolute atomic E-state index is 14.2. The Morgan fingerprint density at radius 1 is 1.13 bits per heavy atom. The van der Waals surface area contributed by atoms with Gasteiger partial charge in [0.2, 0.25) is 0 Å². The average molecular weight is 426 g/mol. The number of aryl methyl sites for hydroxylation is 1. The molecule has 1 heterocycles. The summed E-state index contributed by atoms with van der Waals surface area (Å²) in [6.45, 7) is 8.95. The van der Waals surface area contributed by atoms with Crippen molar-refractivity contribution in [2.24, 2.45) is 0 Å². The van der Waals surface area contributed by atoms with Gasteiger partial charge in [-0.15, -0.1) is 0 Å². The molecule has 0 saturated carbocycles. The van der Waals surface area contributed by atoms with Gasteiger partial charge in [0.25, 0.3) is 11.8 Å². The molecule has 0 spiro atoms. The molecule has 2 aromatic rings. The van der Waals surface area contributed by atoms with Crippen LogP contribution in [0.5, 0.6) is 0 Å². The molecular formula is C23H24F2N4O2. The van der Waals surface area contributed by atoms with Gasteiger partial charge in [0.1, 0.15) is 0 Å². The first-order valence-electron chi connectivity index (χ1n) is 9.44. The van der Waals surface area contributed by atoms with Gasteiger partial charge in [0.15, 0.2) is 17.5 Å².